The molecule has 3 N–H and O–H groups in total. The van der Waals surface area contributed by atoms with Gasteiger partial charge in [0.15, 0.2) is 5.75 Å². The van der Waals surface area contributed by atoms with Gasteiger partial charge in [-0.25, -0.2) is 4.83 Å². The Kier molecular flexibility index (Phi) is 5.99. The van der Waals surface area contributed by atoms with Gasteiger partial charge in [0.1, 0.15) is 16.5 Å². The highest BCUT2D eigenvalue weighted by Crippen LogP contribution is 2.40. The predicted octanol–water partition coefficient (Wildman–Crippen LogP) is 3.12. The van der Waals surface area contributed by atoms with E-state index in [1.165, 1.54) is 30.3 Å². The number of sulfonamides is 1. The molecule has 0 saturated heterocycles. The van der Waals surface area contributed by atoms with E-state index in [2.05, 4.69) is 5.10 Å². The number of benzene rings is 2. The number of nitrogens with one attached hydrogen (secondary N) is 1. The maximum Gasteiger partial charge on any atom is 0.276 e. The summed E-state index contributed by atoms with van der Waals surface area (Å²) in [6.45, 7) is 2.29. The van der Waals surface area contributed by atoms with Gasteiger partial charge in [0.05, 0.1) is 22.7 Å². The van der Waals surface area contributed by atoms with Gasteiger partial charge in [-0.1, -0.05) is 23.2 Å². The van der Waals surface area contributed by atoms with Crippen molar-refractivity contribution < 1.29 is 23.4 Å². The molecule has 0 radical (unpaired) electrons. The minimum atomic E-state index is -3.90. The molecule has 0 aliphatic rings. The summed E-state index contributed by atoms with van der Waals surface area (Å²) < 4.78 is 29.5. The average Bonchev–Trinajstić information content (AvgIpc) is 2.58. The van der Waals surface area contributed by atoms with Crippen LogP contribution in [0.3, 0.4) is 0 Å². The molecule has 2 aromatic rings. The third kappa shape index (κ3) is 4.47. The summed E-state index contributed by atoms with van der Waals surface area (Å²) in [7, 11) is -3.90. The summed E-state index contributed by atoms with van der Waals surface area (Å²) in [5.74, 6) is -0.413. The smallest absolute Gasteiger partial charge is 0.276 e. The van der Waals surface area contributed by atoms with Gasteiger partial charge in [0.25, 0.3) is 10.0 Å². The first-order valence-corrected chi connectivity index (χ1v) is 9.17. The van der Waals surface area contributed by atoms with E-state index >= 15 is 0 Å². The molecule has 25 heavy (non-hydrogen) atoms. The second kappa shape index (κ2) is 7.81. The zero-order valence-electron chi connectivity index (χ0n) is 12.9. The molecular weight excluding hydrogens is 391 g/mol. The molecule has 0 fully saturated rings. The van der Waals surface area contributed by atoms with Gasteiger partial charge in [0, 0.05) is 5.56 Å². The maximum atomic E-state index is 12.1. The lowest BCUT2D eigenvalue weighted by atomic mass is 10.2. The van der Waals surface area contributed by atoms with Gasteiger partial charge >= 0.3 is 0 Å². The summed E-state index contributed by atoms with van der Waals surface area (Å²) in [6.07, 6.45) is 1.01. The molecule has 0 unspecified atom stereocenters. The Labute approximate surface area is 154 Å². The molecule has 2 aromatic carbocycles. The fourth-order valence-corrected chi connectivity index (χ4v) is 3.08. The number of hydrazone groups is 1. The maximum absolute atomic E-state index is 12.1. The molecule has 0 atom stereocenters. The molecule has 0 saturated carbocycles. The molecule has 0 amide bonds. The molecular formula is C15H14Cl2N2O5S. The van der Waals surface area contributed by atoms with Crippen molar-refractivity contribution in [2.24, 2.45) is 5.10 Å². The van der Waals surface area contributed by atoms with Crippen LogP contribution in [0.25, 0.3) is 0 Å². The number of rotatable bonds is 6. The Morgan fingerprint density at radius 2 is 1.84 bits per heavy atom. The summed E-state index contributed by atoms with van der Waals surface area (Å²) in [6, 6.07) is 6.97. The summed E-state index contributed by atoms with van der Waals surface area (Å²) >= 11 is 11.4. The van der Waals surface area contributed by atoms with Crippen molar-refractivity contribution in [3.8, 4) is 17.2 Å². The highest BCUT2D eigenvalue weighted by atomic mass is 35.5. The van der Waals surface area contributed by atoms with E-state index < -0.39 is 21.5 Å². The number of hydrogen-bond acceptors (Lipinski definition) is 6. The van der Waals surface area contributed by atoms with E-state index in [1.54, 1.807) is 0 Å². The molecule has 0 aliphatic carbocycles. The van der Waals surface area contributed by atoms with Crippen LogP contribution in [-0.2, 0) is 10.0 Å². The van der Waals surface area contributed by atoms with E-state index in [0.717, 1.165) is 6.21 Å². The van der Waals surface area contributed by atoms with Gasteiger partial charge in [0.2, 0.25) is 0 Å². The predicted molar refractivity (Wildman–Crippen MR) is 95.3 cm³/mol. The van der Waals surface area contributed by atoms with Crippen LogP contribution in [0.1, 0.15) is 12.5 Å². The highest BCUT2D eigenvalue weighted by Gasteiger charge is 2.15. The minimum Gasteiger partial charge on any atom is -0.506 e. The van der Waals surface area contributed by atoms with Crippen molar-refractivity contribution >= 4 is 39.4 Å². The number of halogens is 2. The van der Waals surface area contributed by atoms with Crippen LogP contribution in [0, 0.1) is 0 Å². The van der Waals surface area contributed by atoms with Crippen molar-refractivity contribution in [2.75, 3.05) is 6.61 Å². The number of nitrogens with zero attached hydrogens (tertiary/aromatic N) is 1. The molecule has 0 spiro atoms. The van der Waals surface area contributed by atoms with Crippen LogP contribution in [0.15, 0.2) is 40.3 Å². The van der Waals surface area contributed by atoms with Crippen LogP contribution < -0.4 is 9.57 Å². The first kappa shape index (κ1) is 19.2. The molecule has 7 nitrogen and oxygen atoms in total. The van der Waals surface area contributed by atoms with E-state index in [4.69, 9.17) is 27.9 Å². The van der Waals surface area contributed by atoms with Crippen molar-refractivity contribution in [1.29, 1.82) is 0 Å². The minimum absolute atomic E-state index is 0.0147. The van der Waals surface area contributed by atoms with Gasteiger partial charge in [-0.15, -0.1) is 0 Å². The van der Waals surface area contributed by atoms with E-state index in [-0.39, 0.29) is 20.5 Å². The van der Waals surface area contributed by atoms with Crippen molar-refractivity contribution in [2.45, 2.75) is 11.8 Å². The van der Waals surface area contributed by atoms with Crippen LogP contribution >= 0.6 is 23.2 Å². The van der Waals surface area contributed by atoms with Crippen LogP contribution in [0.2, 0.25) is 10.0 Å². The largest absolute Gasteiger partial charge is 0.506 e. The molecule has 0 aliphatic heterocycles. The van der Waals surface area contributed by atoms with Gasteiger partial charge < -0.3 is 14.9 Å². The summed E-state index contributed by atoms with van der Waals surface area (Å²) in [4.78, 5) is 1.98. The van der Waals surface area contributed by atoms with Crippen molar-refractivity contribution in [3.63, 3.8) is 0 Å². The second-order valence-electron chi connectivity index (χ2n) is 4.72. The first-order chi connectivity index (χ1) is 11.8. The first-order valence-electron chi connectivity index (χ1n) is 6.94. The zero-order chi connectivity index (χ0) is 18.6. The number of aromatic hydroxyl groups is 2. The Morgan fingerprint density at radius 1 is 1.20 bits per heavy atom. The molecule has 0 bridgehead atoms. The lowest BCUT2D eigenvalue weighted by Crippen LogP contribution is -2.18. The van der Waals surface area contributed by atoms with Gasteiger partial charge in [-0.05, 0) is 37.3 Å². The van der Waals surface area contributed by atoms with Gasteiger partial charge in [-0.3, -0.25) is 0 Å². The van der Waals surface area contributed by atoms with E-state index in [9.17, 15) is 18.6 Å². The van der Waals surface area contributed by atoms with Crippen LogP contribution in [0.5, 0.6) is 17.2 Å². The number of ether oxygens (including phenoxy) is 1. The zero-order valence-corrected chi connectivity index (χ0v) is 15.2. The third-order valence-electron chi connectivity index (χ3n) is 3.02. The summed E-state index contributed by atoms with van der Waals surface area (Å²) in [5, 5.41) is 22.4. The lowest BCUT2D eigenvalue weighted by Gasteiger charge is -2.07. The normalized spacial score (nSPS) is 11.6. The second-order valence-corrected chi connectivity index (χ2v) is 7.16. The van der Waals surface area contributed by atoms with Crippen molar-refractivity contribution in [3.05, 3.63) is 45.9 Å². The SMILES string of the molecule is CCOc1ccc(S(=O)(=O)N/N=C/c2cc(Cl)c(O)c(Cl)c2O)cc1. The summed E-state index contributed by atoms with van der Waals surface area (Å²) in [5.41, 5.74) is 0.0298. The Balaban J connectivity index is 2.18. The standard InChI is InChI=1S/C15H14Cl2N2O5S/c1-2-24-10-3-5-11(6-4-10)25(22,23)19-18-8-9-7-12(16)15(21)13(17)14(9)20/h3-8,19-21H,2H2,1H3/b18-8+. The van der Waals surface area contributed by atoms with E-state index in [1.807, 2.05) is 11.8 Å². The van der Waals surface area contributed by atoms with Crippen molar-refractivity contribution in [1.82, 2.24) is 4.83 Å². The number of phenols is 2. The Bertz CT molecular complexity index is 899. The average molecular weight is 405 g/mol. The quantitative estimate of drug-likeness (QED) is 0.506. The van der Waals surface area contributed by atoms with E-state index in [0.29, 0.717) is 12.4 Å². The number of hydrogen-bond donors (Lipinski definition) is 3. The number of phenolic OH excluding ortho intramolecular Hbond substituents is 2. The molecule has 2 rings (SSSR count). The Morgan fingerprint density at radius 3 is 2.44 bits per heavy atom. The van der Waals surface area contributed by atoms with Gasteiger partial charge in [-0.2, -0.15) is 13.5 Å². The molecule has 134 valence electrons. The lowest BCUT2D eigenvalue weighted by molar-refractivity contribution is 0.340. The topological polar surface area (TPSA) is 108 Å². The van der Waals surface area contributed by atoms with Crippen LogP contribution in [-0.4, -0.2) is 31.5 Å². The highest BCUT2D eigenvalue weighted by molar-refractivity contribution is 7.89. The fourth-order valence-electron chi connectivity index (χ4n) is 1.82. The Hall–Kier alpha value is -2.16. The molecule has 10 heteroatoms. The monoisotopic (exact) mass is 404 g/mol. The fraction of sp³-hybridized carbons (Fsp3) is 0.133. The third-order valence-corrected chi connectivity index (χ3v) is 4.90. The molecule has 0 aromatic heterocycles. The molecule has 0 heterocycles. The van der Waals surface area contributed by atoms with Crippen LogP contribution in [0.4, 0.5) is 0 Å².